The van der Waals surface area contributed by atoms with Gasteiger partial charge in [-0.15, -0.1) is 5.92 Å². The van der Waals surface area contributed by atoms with E-state index in [0.717, 1.165) is 19.3 Å². The molecule has 0 radical (unpaired) electrons. The Balaban J connectivity index is 3.88. The molecule has 0 aliphatic rings. The zero-order valence-corrected chi connectivity index (χ0v) is 7.87. The van der Waals surface area contributed by atoms with Crippen LogP contribution in [0.2, 0.25) is 0 Å². The van der Waals surface area contributed by atoms with E-state index in [9.17, 15) is 0 Å². The summed E-state index contributed by atoms with van der Waals surface area (Å²) in [7, 11) is 0. The predicted octanol–water partition coefficient (Wildman–Crippen LogP) is 2.67. The van der Waals surface area contributed by atoms with Crippen molar-refractivity contribution >= 4 is 17.4 Å². The van der Waals surface area contributed by atoms with Crippen molar-refractivity contribution in [3.63, 3.8) is 0 Å². The maximum Gasteiger partial charge on any atom is 0.120 e. The third-order valence-electron chi connectivity index (χ3n) is 1.24. The van der Waals surface area contributed by atoms with Gasteiger partial charge in [0.15, 0.2) is 0 Å². The Kier molecular flexibility index (Phi) is 7.03. The molecule has 0 aliphatic heterocycles. The molecular formula is C9H13NS. The molecule has 0 saturated heterocycles. The summed E-state index contributed by atoms with van der Waals surface area (Å²) in [4.78, 5) is 3.91. The second kappa shape index (κ2) is 7.47. The first-order valence-electron chi connectivity index (χ1n) is 3.90. The van der Waals surface area contributed by atoms with Crippen LogP contribution in [0.25, 0.3) is 0 Å². The fourth-order valence-electron chi connectivity index (χ4n) is 0.604. The number of unbranched alkanes of at least 4 members (excludes halogenated alkanes) is 1. The molecule has 0 saturated carbocycles. The van der Waals surface area contributed by atoms with Gasteiger partial charge in [-0.2, -0.15) is 0 Å². The highest BCUT2D eigenvalue weighted by Gasteiger charge is 1.93. The van der Waals surface area contributed by atoms with E-state index in [1.165, 1.54) is 0 Å². The fraction of sp³-hybridized carbons (Fsp3) is 0.667. The topological polar surface area (TPSA) is 12.4 Å². The normalized spacial score (nSPS) is 10.7. The molecule has 2 heteroatoms. The first-order chi connectivity index (χ1) is 5.35. The molecule has 1 atom stereocenters. The maximum atomic E-state index is 4.49. The van der Waals surface area contributed by atoms with E-state index in [2.05, 4.69) is 41.1 Å². The molecule has 11 heavy (non-hydrogen) atoms. The van der Waals surface area contributed by atoms with Crippen LogP contribution in [-0.4, -0.2) is 11.2 Å². The van der Waals surface area contributed by atoms with E-state index in [1.54, 1.807) is 0 Å². The van der Waals surface area contributed by atoms with Gasteiger partial charge in [-0.3, -0.25) is 0 Å². The lowest BCUT2D eigenvalue weighted by Gasteiger charge is -1.94. The molecule has 1 unspecified atom stereocenters. The van der Waals surface area contributed by atoms with E-state index >= 15 is 0 Å². The summed E-state index contributed by atoms with van der Waals surface area (Å²) in [6.45, 7) is 4.15. The van der Waals surface area contributed by atoms with Gasteiger partial charge in [-0.05, 0) is 25.1 Å². The highest BCUT2D eigenvalue weighted by Crippen LogP contribution is 1.94. The van der Waals surface area contributed by atoms with Gasteiger partial charge < -0.3 is 0 Å². The van der Waals surface area contributed by atoms with Crippen molar-refractivity contribution in [2.75, 3.05) is 0 Å². The van der Waals surface area contributed by atoms with Gasteiger partial charge in [0.05, 0.1) is 5.16 Å². The SMILES string of the molecule is CCCC#CC(CC)N=C=S. The third kappa shape index (κ3) is 5.79. The first kappa shape index (κ1) is 10.4. The first-order valence-corrected chi connectivity index (χ1v) is 4.31. The van der Waals surface area contributed by atoms with E-state index in [0.29, 0.717) is 0 Å². The third-order valence-corrected chi connectivity index (χ3v) is 1.34. The van der Waals surface area contributed by atoms with Crippen LogP contribution in [0.3, 0.4) is 0 Å². The van der Waals surface area contributed by atoms with Gasteiger partial charge >= 0.3 is 0 Å². The zero-order chi connectivity index (χ0) is 8.53. The van der Waals surface area contributed by atoms with Gasteiger partial charge in [-0.25, -0.2) is 4.99 Å². The highest BCUT2D eigenvalue weighted by molar-refractivity contribution is 7.78. The Morgan fingerprint density at radius 3 is 2.64 bits per heavy atom. The summed E-state index contributed by atoms with van der Waals surface area (Å²) in [5.74, 6) is 6.07. The monoisotopic (exact) mass is 167 g/mol. The van der Waals surface area contributed by atoms with Crippen LogP contribution in [0, 0.1) is 11.8 Å². The number of rotatable bonds is 3. The number of isothiocyanates is 1. The molecule has 0 aromatic rings. The van der Waals surface area contributed by atoms with Gasteiger partial charge in [0.25, 0.3) is 0 Å². The Morgan fingerprint density at radius 1 is 1.45 bits per heavy atom. The molecule has 0 spiro atoms. The molecule has 1 nitrogen and oxygen atoms in total. The minimum absolute atomic E-state index is 0.0686. The second-order valence-corrected chi connectivity index (χ2v) is 2.40. The summed E-state index contributed by atoms with van der Waals surface area (Å²) in [6, 6.07) is 0.0686. The molecule has 0 aromatic heterocycles. The summed E-state index contributed by atoms with van der Waals surface area (Å²) in [6.07, 6.45) is 2.97. The van der Waals surface area contributed by atoms with Crippen LogP contribution in [0.5, 0.6) is 0 Å². The summed E-state index contributed by atoms with van der Waals surface area (Å²) in [5.41, 5.74) is 0. The van der Waals surface area contributed by atoms with Crippen molar-refractivity contribution in [3.8, 4) is 11.8 Å². The van der Waals surface area contributed by atoms with Crippen molar-refractivity contribution in [2.45, 2.75) is 39.2 Å². The molecule has 0 rings (SSSR count). The van der Waals surface area contributed by atoms with E-state index in [4.69, 9.17) is 0 Å². The van der Waals surface area contributed by atoms with E-state index in [1.807, 2.05) is 6.92 Å². The average Bonchev–Trinajstić information content (AvgIpc) is 2.03. The number of nitrogens with zero attached hydrogens (tertiary/aromatic N) is 1. The standard InChI is InChI=1S/C9H13NS/c1-3-5-6-7-9(4-2)10-8-11/h9H,3-5H2,1-2H3. The molecular weight excluding hydrogens is 154 g/mol. The van der Waals surface area contributed by atoms with Crippen LogP contribution in [-0.2, 0) is 0 Å². The summed E-state index contributed by atoms with van der Waals surface area (Å²) in [5, 5.41) is 2.35. The summed E-state index contributed by atoms with van der Waals surface area (Å²) >= 11 is 4.49. The Labute approximate surface area is 73.9 Å². The molecule has 0 N–H and O–H groups in total. The van der Waals surface area contributed by atoms with Crippen LogP contribution >= 0.6 is 12.2 Å². The second-order valence-electron chi connectivity index (χ2n) is 2.22. The summed E-state index contributed by atoms with van der Waals surface area (Å²) < 4.78 is 0. The Morgan fingerprint density at radius 2 is 2.18 bits per heavy atom. The van der Waals surface area contributed by atoms with Gasteiger partial charge in [-0.1, -0.05) is 19.8 Å². The molecule has 0 bridgehead atoms. The van der Waals surface area contributed by atoms with Crippen molar-refractivity contribution in [1.29, 1.82) is 0 Å². The smallest absolute Gasteiger partial charge is 0.120 e. The molecule has 0 aromatic carbocycles. The van der Waals surface area contributed by atoms with Crippen molar-refractivity contribution in [2.24, 2.45) is 4.99 Å². The van der Waals surface area contributed by atoms with Crippen molar-refractivity contribution < 1.29 is 0 Å². The van der Waals surface area contributed by atoms with E-state index < -0.39 is 0 Å². The van der Waals surface area contributed by atoms with Crippen LogP contribution in [0.1, 0.15) is 33.1 Å². The van der Waals surface area contributed by atoms with Crippen molar-refractivity contribution in [1.82, 2.24) is 0 Å². The zero-order valence-electron chi connectivity index (χ0n) is 7.05. The van der Waals surface area contributed by atoms with Gasteiger partial charge in [0, 0.05) is 6.42 Å². The number of hydrogen-bond donors (Lipinski definition) is 0. The van der Waals surface area contributed by atoms with Crippen molar-refractivity contribution in [3.05, 3.63) is 0 Å². The molecule has 60 valence electrons. The minimum Gasteiger partial charge on any atom is -0.216 e. The maximum absolute atomic E-state index is 4.49. The lowest BCUT2D eigenvalue weighted by atomic mass is 10.2. The number of hydrogen-bond acceptors (Lipinski definition) is 2. The predicted molar refractivity (Wildman–Crippen MR) is 51.8 cm³/mol. The quantitative estimate of drug-likeness (QED) is 0.357. The average molecular weight is 167 g/mol. The number of aliphatic imine (C=N–C) groups is 1. The molecule has 0 heterocycles. The van der Waals surface area contributed by atoms with Crippen LogP contribution in [0.4, 0.5) is 0 Å². The Hall–Kier alpha value is -0.640. The molecule has 0 aliphatic carbocycles. The largest absolute Gasteiger partial charge is 0.216 e. The molecule has 0 amide bonds. The molecule has 0 fully saturated rings. The van der Waals surface area contributed by atoms with Gasteiger partial charge in [0.1, 0.15) is 6.04 Å². The lowest BCUT2D eigenvalue weighted by molar-refractivity contribution is 0.811. The van der Waals surface area contributed by atoms with Crippen LogP contribution in [0.15, 0.2) is 4.99 Å². The van der Waals surface area contributed by atoms with E-state index in [-0.39, 0.29) is 6.04 Å². The fourth-order valence-corrected chi connectivity index (χ4v) is 0.731. The highest BCUT2D eigenvalue weighted by atomic mass is 32.1. The Bertz CT molecular complexity index is 193. The van der Waals surface area contributed by atoms with Crippen LogP contribution < -0.4 is 0 Å². The minimum atomic E-state index is 0.0686. The number of thiocarbonyl (C=S) groups is 1. The van der Waals surface area contributed by atoms with Gasteiger partial charge in [0.2, 0.25) is 0 Å². The lowest BCUT2D eigenvalue weighted by Crippen LogP contribution is -1.96.